The maximum absolute atomic E-state index is 13.9. The number of nitrogens with zero attached hydrogens (tertiary/aromatic N) is 11. The summed E-state index contributed by atoms with van der Waals surface area (Å²) < 4.78 is 37.5. The number of aromatic nitrogens is 7. The molecule has 0 unspecified atom stereocenters. The highest BCUT2D eigenvalue weighted by Crippen LogP contribution is 2.37. The molecule has 0 aliphatic carbocycles. The summed E-state index contributed by atoms with van der Waals surface area (Å²) in [5.41, 5.74) is 9.03. The van der Waals surface area contributed by atoms with Gasteiger partial charge in [-0.1, -0.05) is 91.0 Å². The van der Waals surface area contributed by atoms with Crippen LogP contribution in [0.15, 0.2) is 170 Å². The van der Waals surface area contributed by atoms with Crippen molar-refractivity contribution in [2.24, 2.45) is 21.1 Å². The van der Waals surface area contributed by atoms with E-state index in [0.717, 1.165) is 58.6 Å². The number of piperazine rings is 2. The zero-order valence-electron chi connectivity index (χ0n) is 51.8. The van der Waals surface area contributed by atoms with Crippen LogP contribution < -0.4 is 35.0 Å². The fourth-order valence-corrected chi connectivity index (χ4v) is 11.4. The number of anilines is 6. The van der Waals surface area contributed by atoms with Crippen molar-refractivity contribution in [3.05, 3.63) is 216 Å². The fraction of sp³-hybridized carbons (Fsp3) is 0.200. The Kier molecular flexibility index (Phi) is 18.4. The minimum absolute atomic E-state index is 0.0126. The van der Waals surface area contributed by atoms with Gasteiger partial charge in [0.15, 0.2) is 17.4 Å². The molecule has 2 aliphatic heterocycles. The monoisotopic (exact) mass is 1250 g/mol. The number of ketones is 3. The normalized spacial score (nSPS) is 13.0. The van der Waals surface area contributed by atoms with Crippen molar-refractivity contribution in [1.82, 2.24) is 33.6 Å². The first-order valence-electron chi connectivity index (χ1n) is 29.9. The van der Waals surface area contributed by atoms with E-state index in [1.165, 1.54) is 12.1 Å². The molecule has 0 bridgehead atoms. The summed E-state index contributed by atoms with van der Waals surface area (Å²) in [7, 11) is 5.19. The summed E-state index contributed by atoms with van der Waals surface area (Å²) in [6.45, 7) is 9.76. The van der Waals surface area contributed by atoms with E-state index in [4.69, 9.17) is 4.74 Å². The van der Waals surface area contributed by atoms with E-state index in [1.807, 2.05) is 150 Å². The van der Waals surface area contributed by atoms with Crippen LogP contribution >= 0.6 is 0 Å². The molecule has 2 saturated heterocycles. The summed E-state index contributed by atoms with van der Waals surface area (Å²) >= 11 is 0. The van der Waals surface area contributed by atoms with E-state index < -0.39 is 46.8 Å². The highest BCUT2D eigenvalue weighted by molar-refractivity contribution is 6.48. The van der Waals surface area contributed by atoms with Gasteiger partial charge >= 0.3 is 5.97 Å². The molecular formula is C70H65F2N13O8. The Balaban J connectivity index is 0.000000203. The zero-order valence-corrected chi connectivity index (χ0v) is 51.8. The topological polar surface area (TPSA) is 235 Å². The lowest BCUT2D eigenvalue weighted by Crippen LogP contribution is -2.47. The third-order valence-corrected chi connectivity index (χ3v) is 16.6. The van der Waals surface area contributed by atoms with Crippen molar-refractivity contribution >= 4 is 69.8 Å². The van der Waals surface area contributed by atoms with Crippen molar-refractivity contribution in [3.8, 4) is 44.9 Å². The van der Waals surface area contributed by atoms with Crippen molar-refractivity contribution in [3.63, 3.8) is 0 Å². The number of hydrogen-bond donors (Lipinski definition) is 3. The molecule has 3 N–H and O–H groups in total. The average Bonchev–Trinajstić information content (AvgIpc) is 1.78. The van der Waals surface area contributed by atoms with Crippen LogP contribution in [0.5, 0.6) is 11.5 Å². The number of aromatic hydroxyl groups is 1. The van der Waals surface area contributed by atoms with E-state index in [9.17, 15) is 42.7 Å². The second-order valence-corrected chi connectivity index (χ2v) is 22.4. The molecule has 93 heavy (non-hydrogen) atoms. The Bertz CT molecular complexity index is 4450. The molecule has 0 spiro atoms. The number of aryl methyl sites for hydroxylation is 3. The highest BCUT2D eigenvalue weighted by atomic mass is 19.1. The van der Waals surface area contributed by atoms with Gasteiger partial charge in [0.1, 0.15) is 22.8 Å². The van der Waals surface area contributed by atoms with Gasteiger partial charge in [0, 0.05) is 131 Å². The standard InChI is InChI=1S/C42H38FN7O5.C28H27FN6O3/c1-26-21-32(28-11-7-5-8-12-28)36(47(26)3)38(51)40(53)46-31-15-16-34(49-17-19-50(20-18-49)42-44-24-30(43)25-45-42)35(23-31)55-41(54)39(52)37-33(22-27(2)48(37)4)29-13-9-6-10-14-29;1-18-14-22(19-6-4-3-5-7-19)25(33(18)2)26(37)27(38)32-21-8-9-23(24(36)15-21)34-10-12-35(13-11-34)28-30-16-20(29)17-31-28/h5-16,21-25H,17-20H2,1-4H3,(H,46,53);3-9,14-17,36H,10-13H2,1-2H3,(H,32,38). The van der Waals surface area contributed by atoms with Gasteiger partial charge in [0.2, 0.25) is 11.9 Å². The van der Waals surface area contributed by atoms with Crippen molar-refractivity contribution in [2.45, 2.75) is 20.8 Å². The minimum atomic E-state index is -1.12. The number of nitrogens with one attached hydrogen (secondary N) is 2. The molecule has 5 aromatic heterocycles. The summed E-state index contributed by atoms with van der Waals surface area (Å²) in [6.07, 6.45) is 4.50. The number of hydrogen-bond acceptors (Lipinski definition) is 16. The Morgan fingerprint density at radius 1 is 0.430 bits per heavy atom. The number of esters is 1. The third-order valence-electron chi connectivity index (χ3n) is 16.6. The van der Waals surface area contributed by atoms with Gasteiger partial charge in [-0.3, -0.25) is 24.0 Å². The Hall–Kier alpha value is -11.6. The first-order valence-corrected chi connectivity index (χ1v) is 29.9. The van der Waals surface area contributed by atoms with Crippen molar-refractivity contribution < 1.29 is 47.4 Å². The molecule has 23 heteroatoms. The quantitative estimate of drug-likeness (QED) is 0.0353. The summed E-state index contributed by atoms with van der Waals surface area (Å²) in [6, 6.07) is 43.2. The second kappa shape index (κ2) is 27.2. The highest BCUT2D eigenvalue weighted by Gasteiger charge is 2.32. The molecule has 7 heterocycles. The number of benzene rings is 5. The van der Waals surface area contributed by atoms with E-state index in [0.29, 0.717) is 104 Å². The smallest absolute Gasteiger partial charge is 0.386 e. The van der Waals surface area contributed by atoms with E-state index >= 15 is 0 Å². The van der Waals surface area contributed by atoms with Crippen molar-refractivity contribution in [2.75, 3.05) is 82.6 Å². The van der Waals surface area contributed by atoms with Crippen LogP contribution in [0.4, 0.5) is 43.4 Å². The molecule has 2 amide bonds. The van der Waals surface area contributed by atoms with Crippen LogP contribution in [0.25, 0.3) is 33.4 Å². The molecule has 0 atom stereocenters. The molecule has 2 fully saturated rings. The van der Waals surface area contributed by atoms with Gasteiger partial charge in [-0.15, -0.1) is 0 Å². The van der Waals surface area contributed by atoms with Gasteiger partial charge in [0.25, 0.3) is 29.2 Å². The summed E-state index contributed by atoms with van der Waals surface area (Å²) in [4.78, 5) is 105. The van der Waals surface area contributed by atoms with Gasteiger partial charge in [-0.2, -0.15) is 0 Å². The number of rotatable bonds is 16. The number of Topliss-reactive ketones (excluding diaryl/α,β-unsaturated/α-hetero) is 3. The maximum atomic E-state index is 13.9. The van der Waals surface area contributed by atoms with Gasteiger partial charge < -0.3 is 53.8 Å². The second-order valence-electron chi connectivity index (χ2n) is 22.4. The van der Waals surface area contributed by atoms with Crippen LogP contribution in [-0.2, 0) is 35.5 Å². The first kappa shape index (κ1) is 63.0. The van der Waals surface area contributed by atoms with Gasteiger partial charge in [0.05, 0.1) is 36.2 Å². The van der Waals surface area contributed by atoms with E-state index in [2.05, 4.69) is 30.6 Å². The Labute approximate surface area is 534 Å². The number of phenols is 1. The average molecular weight is 1250 g/mol. The predicted octanol–water partition coefficient (Wildman–Crippen LogP) is 9.96. The molecule has 12 rings (SSSR count). The molecule has 2 aliphatic rings. The Morgan fingerprint density at radius 3 is 1.14 bits per heavy atom. The summed E-state index contributed by atoms with van der Waals surface area (Å²) in [5, 5.41) is 16.0. The third kappa shape index (κ3) is 13.6. The van der Waals surface area contributed by atoms with Gasteiger partial charge in [-0.05, 0) is 79.9 Å². The lowest BCUT2D eigenvalue weighted by Gasteiger charge is -2.36. The number of phenolic OH excluding ortho intramolecular Hbond substituents is 1. The largest absolute Gasteiger partial charge is 0.506 e. The SMILES string of the molecule is Cc1cc(-c2ccccc2)c(C(=O)C(=O)Nc2ccc(N3CCN(c4ncc(F)cn4)CC3)c(O)c2)n1C.Cc1cc(-c2ccccc2)c(C(=O)C(=O)Nc2ccc(N3CCN(c4ncc(F)cn4)CC3)c(OC(=O)C(=O)c3c(-c4ccccc4)cc(C)n3C)c2)n1C. The summed E-state index contributed by atoms with van der Waals surface area (Å²) in [5.74, 6) is -5.23. The van der Waals surface area contributed by atoms with Crippen LogP contribution in [0.1, 0.15) is 48.5 Å². The van der Waals surface area contributed by atoms with E-state index in [-0.39, 0.29) is 28.6 Å². The first-order chi connectivity index (χ1) is 44.8. The van der Waals surface area contributed by atoms with Crippen LogP contribution in [0, 0.1) is 32.4 Å². The van der Waals surface area contributed by atoms with Crippen LogP contribution in [0.3, 0.4) is 0 Å². The van der Waals surface area contributed by atoms with Crippen LogP contribution in [0.2, 0.25) is 0 Å². The van der Waals surface area contributed by atoms with E-state index in [1.54, 1.807) is 59.1 Å². The molecular weight excluding hydrogens is 1190 g/mol. The Morgan fingerprint density at radius 2 is 0.763 bits per heavy atom. The van der Waals surface area contributed by atoms with Gasteiger partial charge in [-0.25, -0.2) is 33.5 Å². The molecule has 21 nitrogen and oxygen atoms in total. The molecule has 5 aromatic carbocycles. The lowest BCUT2D eigenvalue weighted by molar-refractivity contribution is -0.129. The number of carbonyl (C=O) groups is 6. The number of halogens is 2. The maximum Gasteiger partial charge on any atom is 0.386 e. The number of carbonyl (C=O) groups excluding carboxylic acids is 6. The minimum Gasteiger partial charge on any atom is -0.506 e. The lowest BCUT2D eigenvalue weighted by atomic mass is 10.0. The van der Waals surface area contributed by atoms with Crippen molar-refractivity contribution in [1.29, 1.82) is 0 Å². The molecule has 0 radical (unpaired) electrons. The zero-order chi connectivity index (χ0) is 65.6. The molecule has 472 valence electrons. The predicted molar refractivity (Wildman–Crippen MR) is 350 cm³/mol. The fourth-order valence-electron chi connectivity index (χ4n) is 11.4. The molecule has 10 aromatic rings. The number of ether oxygens (including phenoxy) is 1. The number of amides is 2. The molecule has 0 saturated carbocycles. The van der Waals surface area contributed by atoms with Crippen LogP contribution in [-0.4, -0.2) is 126 Å².